The molecule has 0 aliphatic rings. The van der Waals surface area contributed by atoms with Crippen LogP contribution < -0.4 is 5.73 Å². The van der Waals surface area contributed by atoms with Gasteiger partial charge in [0.25, 0.3) is 0 Å². The van der Waals surface area contributed by atoms with Gasteiger partial charge < -0.3 is 10.3 Å². The zero-order valence-electron chi connectivity index (χ0n) is 9.51. The Morgan fingerprint density at radius 1 is 1.41 bits per heavy atom. The molecule has 0 atom stereocenters. The van der Waals surface area contributed by atoms with Crippen molar-refractivity contribution >= 4 is 17.6 Å². The number of nitrogen functional groups attached to an aromatic ring is 1. The van der Waals surface area contributed by atoms with Gasteiger partial charge in [-0.15, -0.1) is 10.2 Å². The number of aromatic nitrogens is 4. The van der Waals surface area contributed by atoms with Gasteiger partial charge in [-0.25, -0.2) is 4.98 Å². The Bertz CT molecular complexity index is 562. The highest BCUT2D eigenvalue weighted by Gasteiger charge is 2.08. The van der Waals surface area contributed by atoms with Crippen molar-refractivity contribution in [3.63, 3.8) is 0 Å². The van der Waals surface area contributed by atoms with Crippen LogP contribution in [0.5, 0.6) is 0 Å². The van der Waals surface area contributed by atoms with Crippen molar-refractivity contribution in [1.29, 1.82) is 5.41 Å². The lowest BCUT2D eigenvalue weighted by molar-refractivity contribution is 0.764. The minimum Gasteiger partial charge on any atom is -0.382 e. The quantitative estimate of drug-likeness (QED) is 0.623. The molecule has 0 radical (unpaired) electrons. The van der Waals surface area contributed by atoms with Gasteiger partial charge in [0.05, 0.1) is 0 Å². The normalized spacial score (nSPS) is 10.5. The van der Waals surface area contributed by atoms with Crippen LogP contribution in [0.4, 0.5) is 0 Å². The zero-order chi connectivity index (χ0) is 12.4. The molecule has 0 aliphatic heterocycles. The molecule has 2 heterocycles. The number of nitrogens with one attached hydrogen (secondary N) is 1. The van der Waals surface area contributed by atoms with E-state index in [0.29, 0.717) is 5.69 Å². The lowest BCUT2D eigenvalue weighted by Crippen LogP contribution is -2.13. The molecule has 88 valence electrons. The van der Waals surface area contributed by atoms with Crippen LogP contribution in [0.15, 0.2) is 28.4 Å². The summed E-state index contributed by atoms with van der Waals surface area (Å²) in [4.78, 5) is 4.25. The second-order valence-corrected chi connectivity index (χ2v) is 4.45. The van der Waals surface area contributed by atoms with Crippen LogP contribution in [0, 0.1) is 12.3 Å². The maximum atomic E-state index is 7.33. The highest BCUT2D eigenvalue weighted by molar-refractivity contribution is 7.99. The van der Waals surface area contributed by atoms with Gasteiger partial charge >= 0.3 is 0 Å². The van der Waals surface area contributed by atoms with Gasteiger partial charge in [-0.05, 0) is 30.8 Å². The number of nitrogens with zero attached hydrogens (tertiary/aromatic N) is 4. The molecule has 0 fully saturated rings. The van der Waals surface area contributed by atoms with Crippen molar-refractivity contribution in [2.45, 2.75) is 17.1 Å². The molecule has 0 unspecified atom stereocenters. The van der Waals surface area contributed by atoms with Crippen LogP contribution >= 0.6 is 11.8 Å². The van der Waals surface area contributed by atoms with Crippen LogP contribution in [0.25, 0.3) is 0 Å². The monoisotopic (exact) mass is 248 g/mol. The fraction of sp³-hybridized carbons (Fsp3) is 0.200. The van der Waals surface area contributed by atoms with Crippen molar-refractivity contribution in [1.82, 2.24) is 19.7 Å². The van der Waals surface area contributed by atoms with E-state index in [1.54, 1.807) is 6.07 Å². The molecule has 7 heteroatoms. The van der Waals surface area contributed by atoms with Crippen molar-refractivity contribution < 1.29 is 0 Å². The van der Waals surface area contributed by atoms with E-state index in [1.165, 1.54) is 11.8 Å². The van der Waals surface area contributed by atoms with Crippen LogP contribution in [0.3, 0.4) is 0 Å². The number of amidine groups is 1. The van der Waals surface area contributed by atoms with Gasteiger partial charge in [0.1, 0.15) is 22.4 Å². The number of pyridine rings is 1. The third kappa shape index (κ3) is 2.44. The average Bonchev–Trinajstić information content (AvgIpc) is 2.61. The molecule has 0 amide bonds. The van der Waals surface area contributed by atoms with E-state index in [4.69, 9.17) is 11.1 Å². The maximum Gasteiger partial charge on any atom is 0.197 e. The first-order valence-electron chi connectivity index (χ1n) is 4.93. The Hall–Kier alpha value is -1.89. The third-order valence-electron chi connectivity index (χ3n) is 2.25. The molecule has 2 aromatic rings. The largest absolute Gasteiger partial charge is 0.382 e. The van der Waals surface area contributed by atoms with Gasteiger partial charge in [0.15, 0.2) is 5.16 Å². The number of hydrogen-bond donors (Lipinski definition) is 2. The first-order valence-corrected chi connectivity index (χ1v) is 5.75. The highest BCUT2D eigenvalue weighted by atomic mass is 32.2. The summed E-state index contributed by atoms with van der Waals surface area (Å²) in [6, 6.07) is 5.37. The smallest absolute Gasteiger partial charge is 0.197 e. The van der Waals surface area contributed by atoms with Crippen LogP contribution in [0.1, 0.15) is 11.5 Å². The van der Waals surface area contributed by atoms with Crippen LogP contribution in [-0.4, -0.2) is 25.6 Å². The third-order valence-corrected chi connectivity index (χ3v) is 3.22. The summed E-state index contributed by atoms with van der Waals surface area (Å²) < 4.78 is 1.88. The molecule has 2 rings (SSSR count). The van der Waals surface area contributed by atoms with E-state index in [1.807, 2.05) is 30.7 Å². The van der Waals surface area contributed by atoms with Gasteiger partial charge in [0.2, 0.25) is 0 Å². The SMILES string of the molecule is Cc1nnc(Sc2cccc(C(=N)N)n2)n1C. The molecule has 6 nitrogen and oxygen atoms in total. The van der Waals surface area contributed by atoms with Crippen molar-refractivity contribution in [2.75, 3.05) is 0 Å². The first-order chi connectivity index (χ1) is 8.08. The fourth-order valence-electron chi connectivity index (χ4n) is 1.19. The van der Waals surface area contributed by atoms with E-state index >= 15 is 0 Å². The average molecular weight is 248 g/mol. The molecule has 0 saturated carbocycles. The Labute approximate surface area is 103 Å². The molecule has 2 aromatic heterocycles. The van der Waals surface area contributed by atoms with E-state index in [-0.39, 0.29) is 5.84 Å². The minimum absolute atomic E-state index is 0.0402. The maximum absolute atomic E-state index is 7.33. The van der Waals surface area contributed by atoms with E-state index < -0.39 is 0 Å². The summed E-state index contributed by atoms with van der Waals surface area (Å²) in [5, 5.41) is 16.8. The molecular formula is C10H12N6S. The Morgan fingerprint density at radius 3 is 2.76 bits per heavy atom. The van der Waals surface area contributed by atoms with E-state index in [0.717, 1.165) is 16.0 Å². The van der Waals surface area contributed by atoms with Crippen LogP contribution in [-0.2, 0) is 7.05 Å². The molecule has 0 aromatic carbocycles. The number of hydrogen-bond acceptors (Lipinski definition) is 5. The molecule has 0 spiro atoms. The molecule has 3 N–H and O–H groups in total. The minimum atomic E-state index is -0.0402. The van der Waals surface area contributed by atoms with E-state index in [2.05, 4.69) is 15.2 Å². The number of nitrogens with two attached hydrogens (primary N) is 1. The van der Waals surface area contributed by atoms with Gasteiger partial charge in [-0.3, -0.25) is 5.41 Å². The Kier molecular flexibility index (Phi) is 3.10. The van der Waals surface area contributed by atoms with Crippen molar-refractivity contribution in [2.24, 2.45) is 12.8 Å². The summed E-state index contributed by atoms with van der Waals surface area (Å²) in [7, 11) is 1.90. The van der Waals surface area contributed by atoms with Gasteiger partial charge in [-0.2, -0.15) is 0 Å². The topological polar surface area (TPSA) is 93.5 Å². The summed E-state index contributed by atoms with van der Waals surface area (Å²) >= 11 is 1.39. The number of aryl methyl sites for hydroxylation is 1. The predicted octanol–water partition coefficient (Wildman–Crippen LogP) is 0.954. The molecule has 17 heavy (non-hydrogen) atoms. The second kappa shape index (κ2) is 4.54. The van der Waals surface area contributed by atoms with Crippen molar-refractivity contribution in [3.05, 3.63) is 29.7 Å². The van der Waals surface area contributed by atoms with Crippen LogP contribution in [0.2, 0.25) is 0 Å². The lowest BCUT2D eigenvalue weighted by Gasteiger charge is -2.02. The summed E-state index contributed by atoms with van der Waals surface area (Å²) in [6.45, 7) is 1.89. The predicted molar refractivity (Wildman–Crippen MR) is 65.1 cm³/mol. The summed E-state index contributed by atoms with van der Waals surface area (Å²) in [5.74, 6) is 0.803. The molecule has 0 saturated heterocycles. The number of rotatable bonds is 3. The summed E-state index contributed by atoms with van der Waals surface area (Å²) in [6.07, 6.45) is 0. The Morgan fingerprint density at radius 2 is 2.18 bits per heavy atom. The van der Waals surface area contributed by atoms with Gasteiger partial charge in [0, 0.05) is 7.05 Å². The summed E-state index contributed by atoms with van der Waals surface area (Å²) in [5.41, 5.74) is 5.85. The van der Waals surface area contributed by atoms with E-state index in [9.17, 15) is 0 Å². The molecule has 0 bridgehead atoms. The highest BCUT2D eigenvalue weighted by Crippen LogP contribution is 2.23. The Balaban J connectivity index is 2.27. The lowest BCUT2D eigenvalue weighted by atomic mass is 10.3. The fourth-order valence-corrected chi connectivity index (χ4v) is 2.02. The zero-order valence-corrected chi connectivity index (χ0v) is 10.3. The second-order valence-electron chi connectivity index (χ2n) is 3.47. The molecular weight excluding hydrogens is 236 g/mol. The van der Waals surface area contributed by atoms with Crippen molar-refractivity contribution in [3.8, 4) is 0 Å². The molecule has 0 aliphatic carbocycles. The standard InChI is InChI=1S/C10H12N6S/c1-6-14-15-10(16(6)2)17-8-5-3-4-7(13-8)9(11)12/h3-5H,1-2H3,(H3,11,12). The first kappa shape index (κ1) is 11.6. The van der Waals surface area contributed by atoms with Gasteiger partial charge in [-0.1, -0.05) is 6.07 Å².